The number of aryl methyl sites for hydroxylation is 1. The minimum absolute atomic E-state index is 0.114. The van der Waals surface area contributed by atoms with Crippen molar-refractivity contribution in [1.82, 2.24) is 0 Å². The van der Waals surface area contributed by atoms with Gasteiger partial charge in [-0.2, -0.15) is 0 Å². The van der Waals surface area contributed by atoms with Crippen LogP contribution in [0.15, 0.2) is 146 Å². The summed E-state index contributed by atoms with van der Waals surface area (Å²) < 4.78 is 0. The van der Waals surface area contributed by atoms with E-state index in [4.69, 9.17) is 0 Å². The van der Waals surface area contributed by atoms with E-state index in [1.54, 1.807) is 0 Å². The molecule has 0 spiro atoms. The Balaban J connectivity index is 1.15. The molecule has 0 bridgehead atoms. The van der Waals surface area contributed by atoms with E-state index in [-0.39, 0.29) is 16.2 Å². The van der Waals surface area contributed by atoms with Crippen LogP contribution in [0.3, 0.4) is 0 Å². The second kappa shape index (κ2) is 12.9. The van der Waals surface area contributed by atoms with E-state index in [0.29, 0.717) is 0 Å². The Kier molecular flexibility index (Phi) is 8.04. The molecule has 3 aliphatic rings. The van der Waals surface area contributed by atoms with Crippen molar-refractivity contribution >= 4 is 46.6 Å². The highest BCUT2D eigenvalue weighted by Gasteiger charge is 2.45. The quantitative estimate of drug-likeness (QED) is 0.177. The number of fused-ring (bicyclic) bond motifs is 5. The largest absolute Gasteiger partial charge is 0.355 e. The summed E-state index contributed by atoms with van der Waals surface area (Å²) in [5.41, 5.74) is 23.6. The highest BCUT2D eigenvalue weighted by molar-refractivity contribution is 6.73. The molecule has 0 atom stereocenters. The molecule has 0 saturated carbocycles. The van der Waals surface area contributed by atoms with Crippen molar-refractivity contribution in [2.24, 2.45) is 0 Å². The Morgan fingerprint density at radius 3 is 1.79 bits per heavy atom. The van der Waals surface area contributed by atoms with Crippen LogP contribution < -0.4 is 21.1 Å². The Morgan fingerprint density at radius 2 is 1.12 bits per heavy atom. The van der Waals surface area contributed by atoms with E-state index in [0.717, 1.165) is 18.7 Å². The van der Waals surface area contributed by atoms with Crippen LogP contribution >= 0.6 is 0 Å². The van der Waals surface area contributed by atoms with E-state index in [1.807, 2.05) is 0 Å². The number of anilines is 5. The molecule has 57 heavy (non-hydrogen) atoms. The van der Waals surface area contributed by atoms with Crippen LogP contribution in [0.2, 0.25) is 0 Å². The first-order valence-electron chi connectivity index (χ1n) is 20.8. The van der Waals surface area contributed by atoms with Crippen LogP contribution in [0.1, 0.15) is 82.2 Å². The van der Waals surface area contributed by atoms with Crippen molar-refractivity contribution < 1.29 is 0 Å². The Labute approximate surface area is 339 Å². The van der Waals surface area contributed by atoms with E-state index in [9.17, 15) is 0 Å². The summed E-state index contributed by atoms with van der Waals surface area (Å²) in [5, 5.41) is 3.95. The standard InChI is InChI=1S/C54H51BN2/c1-34-27-41(40-21-14-15-24-47(40)56-39-30-37(35-17-10-8-11-18-35)29-38(31-39)36-19-12-9-13-20-36)50-49(28-34)57-48-33-44-43(52(2,3)25-26-53(44,4)5)32-45(48)54(6,7)42-22-16-23-46(55-50)51(42)57/h8-24,27-33,55-56H,25-26H2,1-7H3. The van der Waals surface area contributed by atoms with Crippen molar-refractivity contribution in [2.45, 2.75) is 77.6 Å². The first-order chi connectivity index (χ1) is 27.4. The SMILES string of the molecule is Cc1cc(-c2ccccc2Nc2cc(-c3ccccc3)cc(-c3ccccc3)c2)c2c(c1)N1c3cc4c(cc3C(C)(C)c3cccc(c31)B2)C(C)(C)CCC4(C)C. The van der Waals surface area contributed by atoms with Crippen molar-refractivity contribution in [2.75, 3.05) is 10.2 Å². The van der Waals surface area contributed by atoms with E-state index >= 15 is 0 Å². The molecule has 2 nitrogen and oxygen atoms in total. The highest BCUT2D eigenvalue weighted by atomic mass is 15.2. The lowest BCUT2D eigenvalue weighted by Gasteiger charge is -2.49. The normalized spacial score (nSPS) is 16.4. The van der Waals surface area contributed by atoms with Crippen LogP contribution in [0.4, 0.5) is 28.4 Å². The minimum atomic E-state index is -0.128. The van der Waals surface area contributed by atoms with Crippen LogP contribution in [0, 0.1) is 6.92 Å². The second-order valence-electron chi connectivity index (χ2n) is 18.6. The minimum Gasteiger partial charge on any atom is -0.355 e. The van der Waals surface area contributed by atoms with Gasteiger partial charge in [0.25, 0.3) is 0 Å². The van der Waals surface area contributed by atoms with Crippen molar-refractivity contribution in [1.29, 1.82) is 0 Å². The number of hydrogen-bond donors (Lipinski definition) is 1. The summed E-state index contributed by atoms with van der Waals surface area (Å²) in [5.74, 6) is 0. The maximum atomic E-state index is 3.95. The molecule has 2 heterocycles. The molecule has 10 rings (SSSR count). The Morgan fingerprint density at radius 1 is 0.509 bits per heavy atom. The van der Waals surface area contributed by atoms with E-state index in [1.165, 1.54) is 102 Å². The zero-order valence-corrected chi connectivity index (χ0v) is 34.4. The third-order valence-electron chi connectivity index (χ3n) is 13.5. The monoisotopic (exact) mass is 738 g/mol. The van der Waals surface area contributed by atoms with Crippen LogP contribution in [0.25, 0.3) is 33.4 Å². The molecule has 0 fully saturated rings. The molecular formula is C54H51BN2. The molecule has 0 amide bonds. The number of benzene rings is 7. The number of para-hydroxylation sites is 2. The molecule has 0 saturated heterocycles. The maximum absolute atomic E-state index is 3.95. The van der Waals surface area contributed by atoms with Gasteiger partial charge in [0, 0.05) is 33.7 Å². The third-order valence-corrected chi connectivity index (χ3v) is 13.5. The summed E-state index contributed by atoms with van der Waals surface area (Å²) in [6.45, 7) is 17.0. The van der Waals surface area contributed by atoms with Gasteiger partial charge in [0.15, 0.2) is 7.28 Å². The fourth-order valence-electron chi connectivity index (χ4n) is 10.2. The van der Waals surface area contributed by atoms with Gasteiger partial charge in [-0.05, 0) is 128 Å². The average molecular weight is 739 g/mol. The third kappa shape index (κ3) is 5.77. The molecule has 3 heteroatoms. The van der Waals surface area contributed by atoms with Gasteiger partial charge in [-0.25, -0.2) is 0 Å². The summed E-state index contributed by atoms with van der Waals surface area (Å²) in [6.07, 6.45) is 2.40. The smallest absolute Gasteiger partial charge is 0.198 e. The molecular weight excluding hydrogens is 687 g/mol. The molecule has 7 aromatic rings. The molecule has 1 N–H and O–H groups in total. The number of hydrogen-bond acceptors (Lipinski definition) is 2. The van der Waals surface area contributed by atoms with Gasteiger partial charge < -0.3 is 10.2 Å². The van der Waals surface area contributed by atoms with E-state index < -0.39 is 0 Å². The van der Waals surface area contributed by atoms with Gasteiger partial charge in [-0.15, -0.1) is 0 Å². The molecule has 0 aromatic heterocycles. The lowest BCUT2D eigenvalue weighted by molar-refractivity contribution is 0.331. The fourth-order valence-corrected chi connectivity index (χ4v) is 10.2. The Hall–Kier alpha value is -5.80. The van der Waals surface area contributed by atoms with Gasteiger partial charge in [-0.1, -0.05) is 156 Å². The summed E-state index contributed by atoms with van der Waals surface area (Å²) in [7, 11) is 0.884. The maximum Gasteiger partial charge on any atom is 0.198 e. The van der Waals surface area contributed by atoms with Crippen molar-refractivity contribution in [3.8, 4) is 33.4 Å². The number of nitrogens with zero attached hydrogens (tertiary/aromatic N) is 1. The van der Waals surface area contributed by atoms with Gasteiger partial charge >= 0.3 is 0 Å². The Bertz CT molecular complexity index is 2660. The lowest BCUT2D eigenvalue weighted by atomic mass is 9.55. The molecule has 2 aliphatic heterocycles. The predicted octanol–water partition coefficient (Wildman–Crippen LogP) is 12.9. The average Bonchev–Trinajstić information content (AvgIpc) is 3.21. The highest BCUT2D eigenvalue weighted by Crippen LogP contribution is 2.56. The molecule has 280 valence electrons. The summed E-state index contributed by atoms with van der Waals surface area (Å²) in [6, 6.07) is 54.3. The molecule has 7 aromatic carbocycles. The zero-order chi connectivity index (χ0) is 39.3. The topological polar surface area (TPSA) is 15.3 Å². The fraction of sp³-hybridized carbons (Fsp3) is 0.222. The van der Waals surface area contributed by atoms with Crippen LogP contribution in [0.5, 0.6) is 0 Å². The first-order valence-corrected chi connectivity index (χ1v) is 20.8. The van der Waals surface area contributed by atoms with Gasteiger partial charge in [-0.3, -0.25) is 0 Å². The molecule has 0 unspecified atom stereocenters. The van der Waals surface area contributed by atoms with Gasteiger partial charge in [0.05, 0.1) is 5.69 Å². The lowest BCUT2D eigenvalue weighted by Crippen LogP contribution is -2.46. The second-order valence-corrected chi connectivity index (χ2v) is 18.6. The van der Waals surface area contributed by atoms with Gasteiger partial charge in [0.2, 0.25) is 0 Å². The summed E-state index contributed by atoms with van der Waals surface area (Å²) in [4.78, 5) is 2.66. The molecule has 0 radical (unpaired) electrons. The number of rotatable bonds is 5. The van der Waals surface area contributed by atoms with Crippen LogP contribution in [-0.4, -0.2) is 7.28 Å². The van der Waals surface area contributed by atoms with Crippen molar-refractivity contribution in [3.63, 3.8) is 0 Å². The number of nitrogens with one attached hydrogen (secondary N) is 1. The van der Waals surface area contributed by atoms with Gasteiger partial charge in [0.1, 0.15) is 0 Å². The van der Waals surface area contributed by atoms with Crippen LogP contribution in [-0.2, 0) is 16.2 Å². The predicted molar refractivity (Wildman–Crippen MR) is 246 cm³/mol. The zero-order valence-electron chi connectivity index (χ0n) is 34.4. The van der Waals surface area contributed by atoms with E-state index in [2.05, 4.69) is 204 Å². The molecule has 1 aliphatic carbocycles. The van der Waals surface area contributed by atoms with Crippen molar-refractivity contribution in [3.05, 3.63) is 173 Å². The first kappa shape index (κ1) is 35.6. The summed E-state index contributed by atoms with van der Waals surface area (Å²) >= 11 is 0.